The summed E-state index contributed by atoms with van der Waals surface area (Å²) in [5, 5.41) is 6.94. The molecule has 0 saturated carbocycles. The number of aliphatic imine (C=N–C) groups is 2. The van der Waals surface area contributed by atoms with Crippen molar-refractivity contribution in [3.63, 3.8) is 0 Å². The van der Waals surface area contributed by atoms with E-state index < -0.39 is 0 Å². The van der Waals surface area contributed by atoms with E-state index in [4.69, 9.17) is 14.4 Å². The van der Waals surface area contributed by atoms with Crippen LogP contribution in [0.1, 0.15) is 22.7 Å². The Bertz CT molecular complexity index is 2560. The van der Waals surface area contributed by atoms with Crippen molar-refractivity contribution >= 4 is 72.3 Å². The van der Waals surface area contributed by atoms with Crippen LogP contribution in [0.3, 0.4) is 0 Å². The number of hydrogen-bond donors (Lipinski definition) is 0. The minimum Gasteiger partial charge on any atom is -0.454 e. The lowest BCUT2D eigenvalue weighted by molar-refractivity contribution is 0.629. The monoisotopic (exact) mass is 563 g/mol. The van der Waals surface area contributed by atoms with Crippen LogP contribution in [0.4, 0.5) is 0 Å². The molecule has 0 N–H and O–H groups in total. The molecule has 206 valence electrons. The summed E-state index contributed by atoms with van der Waals surface area (Å²) in [5.74, 6) is 0.717. The number of para-hydroxylation sites is 2. The highest BCUT2D eigenvalue weighted by molar-refractivity contribution is 6.36. The van der Waals surface area contributed by atoms with Crippen LogP contribution in [-0.2, 0) is 0 Å². The molecule has 1 aliphatic heterocycles. The SMILES string of the molecule is C1=CC2C(c3ccccc3)=NC(n3c4ccccc4c4c5ccccc5c5c6ccccc6oc5c43)=NC2c2ccccc21. The summed E-state index contributed by atoms with van der Waals surface area (Å²) in [6, 6.07) is 44.7. The number of aromatic nitrogens is 1. The Balaban J connectivity index is 1.39. The summed E-state index contributed by atoms with van der Waals surface area (Å²) in [6.45, 7) is 0. The number of benzene rings is 6. The molecular weight excluding hydrogens is 538 g/mol. The van der Waals surface area contributed by atoms with Gasteiger partial charge in [0.1, 0.15) is 11.1 Å². The molecule has 0 saturated heterocycles. The van der Waals surface area contributed by atoms with Crippen LogP contribution in [0, 0.1) is 5.92 Å². The largest absolute Gasteiger partial charge is 0.454 e. The maximum absolute atomic E-state index is 6.77. The molecule has 2 aliphatic rings. The molecule has 0 spiro atoms. The maximum atomic E-state index is 6.77. The molecule has 1 aliphatic carbocycles. The quantitative estimate of drug-likeness (QED) is 0.196. The lowest BCUT2D eigenvalue weighted by atomic mass is 9.80. The van der Waals surface area contributed by atoms with Gasteiger partial charge in [-0.3, -0.25) is 4.57 Å². The summed E-state index contributed by atoms with van der Waals surface area (Å²) in [4.78, 5) is 10.9. The molecule has 2 aromatic heterocycles. The fourth-order valence-corrected chi connectivity index (χ4v) is 7.47. The summed E-state index contributed by atoms with van der Waals surface area (Å²) in [7, 11) is 0. The summed E-state index contributed by atoms with van der Waals surface area (Å²) < 4.78 is 9.03. The van der Waals surface area contributed by atoms with Gasteiger partial charge in [0, 0.05) is 27.5 Å². The summed E-state index contributed by atoms with van der Waals surface area (Å²) in [6.07, 6.45) is 4.50. The molecular formula is C40H25N3O. The Kier molecular flexibility index (Phi) is 4.80. The lowest BCUT2D eigenvalue weighted by Gasteiger charge is -2.32. The summed E-state index contributed by atoms with van der Waals surface area (Å²) >= 11 is 0. The topological polar surface area (TPSA) is 42.8 Å². The Morgan fingerprint density at radius 1 is 0.614 bits per heavy atom. The van der Waals surface area contributed by atoms with Crippen LogP contribution in [0.25, 0.3) is 60.6 Å². The van der Waals surface area contributed by atoms with Crippen molar-refractivity contribution in [1.29, 1.82) is 0 Å². The lowest BCUT2D eigenvalue weighted by Crippen LogP contribution is -2.30. The van der Waals surface area contributed by atoms with Crippen molar-refractivity contribution in [2.75, 3.05) is 0 Å². The van der Waals surface area contributed by atoms with E-state index in [1.54, 1.807) is 0 Å². The highest BCUT2D eigenvalue weighted by Gasteiger charge is 2.35. The highest BCUT2D eigenvalue weighted by atomic mass is 16.3. The van der Waals surface area contributed by atoms with Crippen molar-refractivity contribution in [1.82, 2.24) is 4.57 Å². The van der Waals surface area contributed by atoms with Gasteiger partial charge in [-0.2, -0.15) is 0 Å². The first-order chi connectivity index (χ1) is 21.8. The maximum Gasteiger partial charge on any atom is 0.231 e. The van der Waals surface area contributed by atoms with E-state index in [2.05, 4.69) is 138 Å². The number of nitrogens with zero attached hydrogens (tertiary/aromatic N) is 3. The van der Waals surface area contributed by atoms with Crippen LogP contribution < -0.4 is 0 Å². The van der Waals surface area contributed by atoms with Crippen LogP contribution in [0.2, 0.25) is 0 Å². The predicted octanol–water partition coefficient (Wildman–Crippen LogP) is 9.94. The Hall–Kier alpha value is -5.74. The van der Waals surface area contributed by atoms with Crippen LogP contribution in [0.15, 0.2) is 148 Å². The predicted molar refractivity (Wildman–Crippen MR) is 182 cm³/mol. The fraction of sp³-hybridized carbons (Fsp3) is 0.0500. The average Bonchev–Trinajstić information content (AvgIpc) is 3.65. The van der Waals surface area contributed by atoms with Crippen molar-refractivity contribution in [3.8, 4) is 0 Å². The van der Waals surface area contributed by atoms with Crippen LogP contribution in [-0.4, -0.2) is 16.2 Å². The number of rotatable bonds is 1. The minimum atomic E-state index is -0.0956. The Labute approximate surface area is 252 Å². The fourth-order valence-electron chi connectivity index (χ4n) is 7.47. The van der Waals surface area contributed by atoms with E-state index in [0.29, 0.717) is 5.96 Å². The normalized spacial score (nSPS) is 17.7. The zero-order chi connectivity index (χ0) is 28.8. The highest BCUT2D eigenvalue weighted by Crippen LogP contribution is 2.46. The zero-order valence-electron chi connectivity index (χ0n) is 23.7. The molecule has 0 amide bonds. The van der Waals surface area contributed by atoms with Gasteiger partial charge in [-0.05, 0) is 39.6 Å². The van der Waals surface area contributed by atoms with E-state index in [1.807, 2.05) is 6.07 Å². The van der Waals surface area contributed by atoms with Crippen molar-refractivity contribution in [3.05, 3.63) is 150 Å². The molecule has 4 nitrogen and oxygen atoms in total. The van der Waals surface area contributed by atoms with Gasteiger partial charge in [0.25, 0.3) is 0 Å². The molecule has 0 bridgehead atoms. The third-order valence-corrected chi connectivity index (χ3v) is 9.35. The first-order valence-corrected chi connectivity index (χ1v) is 15.1. The number of fused-ring (bicyclic) bond motifs is 13. The first-order valence-electron chi connectivity index (χ1n) is 15.1. The van der Waals surface area contributed by atoms with Gasteiger partial charge in [-0.25, -0.2) is 9.98 Å². The number of hydrogen-bond acceptors (Lipinski definition) is 3. The summed E-state index contributed by atoms with van der Waals surface area (Å²) in [5.41, 5.74) is 8.37. The average molecular weight is 564 g/mol. The van der Waals surface area contributed by atoms with Gasteiger partial charge in [-0.15, -0.1) is 0 Å². The molecule has 44 heavy (non-hydrogen) atoms. The molecule has 4 heteroatoms. The molecule has 6 aromatic carbocycles. The van der Waals surface area contributed by atoms with Gasteiger partial charge >= 0.3 is 0 Å². The molecule has 3 heterocycles. The van der Waals surface area contributed by atoms with Gasteiger partial charge in [-0.1, -0.05) is 127 Å². The van der Waals surface area contributed by atoms with Crippen molar-refractivity contribution < 1.29 is 4.42 Å². The van der Waals surface area contributed by atoms with Crippen LogP contribution in [0.5, 0.6) is 0 Å². The van der Waals surface area contributed by atoms with Crippen LogP contribution >= 0.6 is 0 Å². The first kappa shape index (κ1) is 23.8. The van der Waals surface area contributed by atoms with Gasteiger partial charge < -0.3 is 4.42 Å². The Morgan fingerprint density at radius 2 is 1.30 bits per heavy atom. The number of furan rings is 1. The van der Waals surface area contributed by atoms with E-state index in [9.17, 15) is 0 Å². The molecule has 2 atom stereocenters. The Morgan fingerprint density at radius 3 is 2.16 bits per heavy atom. The van der Waals surface area contributed by atoms with E-state index in [-0.39, 0.29) is 12.0 Å². The van der Waals surface area contributed by atoms with Crippen molar-refractivity contribution in [2.24, 2.45) is 15.9 Å². The zero-order valence-corrected chi connectivity index (χ0v) is 23.7. The van der Waals surface area contributed by atoms with Gasteiger partial charge in [0.15, 0.2) is 5.58 Å². The standard InChI is InChI=1S/C40H25N3O/c1-2-13-25(14-3-1)36-31-23-22-24-12-4-5-15-26(24)37(31)42-40(41-36)43-32-20-10-8-18-29(32)34-27-16-6-7-17-28(27)35-30-19-9-11-21-33(30)44-39(35)38(34)43/h1-23,31,37H. The third kappa shape index (κ3) is 3.17. The molecule has 8 aromatic rings. The second-order valence-corrected chi connectivity index (χ2v) is 11.7. The van der Waals surface area contributed by atoms with Gasteiger partial charge in [0.05, 0.1) is 17.3 Å². The van der Waals surface area contributed by atoms with E-state index in [1.165, 1.54) is 21.9 Å². The molecule has 0 fully saturated rings. The minimum absolute atomic E-state index is 0.0381. The molecule has 2 unspecified atom stereocenters. The third-order valence-electron chi connectivity index (χ3n) is 9.35. The second-order valence-electron chi connectivity index (χ2n) is 11.7. The van der Waals surface area contributed by atoms with E-state index >= 15 is 0 Å². The van der Waals surface area contributed by atoms with Crippen molar-refractivity contribution in [2.45, 2.75) is 6.04 Å². The van der Waals surface area contributed by atoms with E-state index in [0.717, 1.165) is 55.0 Å². The van der Waals surface area contributed by atoms with Gasteiger partial charge in [0.2, 0.25) is 5.96 Å². The second kappa shape index (κ2) is 8.88. The molecule has 0 radical (unpaired) electrons. The molecule has 10 rings (SSSR count). The smallest absolute Gasteiger partial charge is 0.231 e.